The Morgan fingerprint density at radius 3 is 2.50 bits per heavy atom. The molecule has 5 heteroatoms. The lowest BCUT2D eigenvalue weighted by Gasteiger charge is -2.07. The fourth-order valence-corrected chi connectivity index (χ4v) is 1.08. The van der Waals surface area contributed by atoms with Crippen LogP contribution in [0.1, 0.15) is 15.9 Å². The predicted octanol–water partition coefficient (Wildman–Crippen LogP) is 1.64. The average molecular weight is 201 g/mol. The molecule has 2 N–H and O–H groups in total. The number of carbonyl (C=O) groups is 1. The van der Waals surface area contributed by atoms with Crippen molar-refractivity contribution in [2.45, 2.75) is 6.92 Å². The number of carbonyl (C=O) groups excluding carboxylic acids is 1. The predicted molar refractivity (Wildman–Crippen MR) is 46.8 cm³/mol. The van der Waals surface area contributed by atoms with E-state index in [0.29, 0.717) is 0 Å². The summed E-state index contributed by atoms with van der Waals surface area (Å²) >= 11 is 0. The highest BCUT2D eigenvalue weighted by atomic mass is 19.1. The second-order valence-electron chi connectivity index (χ2n) is 2.78. The molecule has 0 spiro atoms. The van der Waals surface area contributed by atoms with Gasteiger partial charge < -0.3 is 10.5 Å². The molecule has 0 atom stereocenters. The lowest BCUT2D eigenvalue weighted by molar-refractivity contribution is 0.0589. The molecule has 76 valence electrons. The first-order valence-electron chi connectivity index (χ1n) is 3.81. The van der Waals surface area contributed by atoms with E-state index in [0.717, 1.165) is 13.2 Å². The van der Waals surface area contributed by atoms with E-state index >= 15 is 0 Å². The highest BCUT2D eigenvalue weighted by Crippen LogP contribution is 2.22. The Bertz CT molecular complexity index is 365. The molecule has 1 rings (SSSR count). The summed E-state index contributed by atoms with van der Waals surface area (Å²) in [5.74, 6) is -3.10. The molecule has 0 fully saturated rings. The van der Waals surface area contributed by atoms with Gasteiger partial charge in [-0.25, -0.2) is 13.6 Å². The van der Waals surface area contributed by atoms with Crippen molar-refractivity contribution in [1.29, 1.82) is 0 Å². The Balaban J connectivity index is 3.47. The molecule has 14 heavy (non-hydrogen) atoms. The largest absolute Gasteiger partial charge is 0.465 e. The Labute approximate surface area is 79.5 Å². The zero-order chi connectivity index (χ0) is 10.9. The van der Waals surface area contributed by atoms with Gasteiger partial charge >= 0.3 is 5.97 Å². The van der Waals surface area contributed by atoms with Crippen LogP contribution in [-0.2, 0) is 4.74 Å². The van der Waals surface area contributed by atoms with Gasteiger partial charge in [-0.2, -0.15) is 0 Å². The normalized spacial score (nSPS) is 10.0. The van der Waals surface area contributed by atoms with Gasteiger partial charge in [0.2, 0.25) is 0 Å². The van der Waals surface area contributed by atoms with Crippen molar-refractivity contribution in [3.63, 3.8) is 0 Å². The van der Waals surface area contributed by atoms with Crippen LogP contribution in [0.15, 0.2) is 6.07 Å². The molecule has 0 aromatic heterocycles. The quantitative estimate of drug-likeness (QED) is 0.555. The van der Waals surface area contributed by atoms with Gasteiger partial charge in [-0.05, 0) is 18.6 Å². The Morgan fingerprint density at radius 2 is 2.00 bits per heavy atom. The lowest BCUT2D eigenvalue weighted by atomic mass is 10.1. The summed E-state index contributed by atoms with van der Waals surface area (Å²) in [6.45, 7) is 1.39. The van der Waals surface area contributed by atoms with Crippen LogP contribution in [-0.4, -0.2) is 13.1 Å². The van der Waals surface area contributed by atoms with E-state index in [1.165, 1.54) is 6.92 Å². The maximum Gasteiger partial charge on any atom is 0.343 e. The van der Waals surface area contributed by atoms with Crippen molar-refractivity contribution in [2.24, 2.45) is 0 Å². The third-order valence-corrected chi connectivity index (χ3v) is 1.80. The fourth-order valence-electron chi connectivity index (χ4n) is 1.08. The number of nitrogen functional groups attached to an aromatic ring is 1. The molecule has 0 amide bonds. The smallest absolute Gasteiger partial charge is 0.343 e. The van der Waals surface area contributed by atoms with E-state index in [4.69, 9.17) is 5.73 Å². The molecule has 0 aliphatic rings. The molecule has 1 aromatic carbocycles. The number of rotatable bonds is 1. The number of ether oxygens (including phenoxy) is 1. The lowest BCUT2D eigenvalue weighted by Crippen LogP contribution is -2.11. The number of nitrogens with two attached hydrogens (primary N) is 1. The zero-order valence-electron chi connectivity index (χ0n) is 7.73. The van der Waals surface area contributed by atoms with Gasteiger partial charge in [-0.1, -0.05) is 0 Å². The summed E-state index contributed by atoms with van der Waals surface area (Å²) in [6, 6.07) is 1.12. The number of methoxy groups -OCH3 is 1. The van der Waals surface area contributed by atoms with Crippen molar-refractivity contribution in [1.82, 2.24) is 0 Å². The van der Waals surface area contributed by atoms with Crippen LogP contribution in [0.25, 0.3) is 0 Å². The van der Waals surface area contributed by atoms with E-state index in [9.17, 15) is 13.6 Å². The molecule has 0 heterocycles. The minimum absolute atomic E-state index is 0.101. The van der Waals surface area contributed by atoms with Crippen molar-refractivity contribution in [3.8, 4) is 0 Å². The molecule has 3 nitrogen and oxygen atoms in total. The van der Waals surface area contributed by atoms with E-state index in [-0.39, 0.29) is 11.3 Å². The third-order valence-electron chi connectivity index (χ3n) is 1.80. The van der Waals surface area contributed by atoms with Gasteiger partial charge in [0.25, 0.3) is 0 Å². The van der Waals surface area contributed by atoms with Gasteiger partial charge in [0.1, 0.15) is 11.4 Å². The van der Waals surface area contributed by atoms with Gasteiger partial charge in [0, 0.05) is 0 Å². The number of halogens is 2. The minimum Gasteiger partial charge on any atom is -0.465 e. The van der Waals surface area contributed by atoms with Crippen LogP contribution in [0.3, 0.4) is 0 Å². The molecule has 0 aliphatic heterocycles. The minimum atomic E-state index is -1.08. The summed E-state index contributed by atoms with van der Waals surface area (Å²) in [6.07, 6.45) is 0. The average Bonchev–Trinajstić information content (AvgIpc) is 2.15. The van der Waals surface area contributed by atoms with Crippen molar-refractivity contribution in [3.05, 3.63) is 28.8 Å². The topological polar surface area (TPSA) is 52.3 Å². The number of anilines is 1. The number of esters is 1. The van der Waals surface area contributed by atoms with Crippen molar-refractivity contribution >= 4 is 11.7 Å². The van der Waals surface area contributed by atoms with Gasteiger partial charge in [0.05, 0.1) is 12.8 Å². The number of benzene rings is 1. The maximum absolute atomic E-state index is 13.3. The van der Waals surface area contributed by atoms with Gasteiger partial charge in [0.15, 0.2) is 5.82 Å². The fraction of sp³-hybridized carbons (Fsp3) is 0.222. The molecule has 1 aromatic rings. The Hall–Kier alpha value is -1.65. The first-order chi connectivity index (χ1) is 6.49. The summed E-state index contributed by atoms with van der Waals surface area (Å²) in [5, 5.41) is 0. The van der Waals surface area contributed by atoms with Crippen LogP contribution >= 0.6 is 0 Å². The second kappa shape index (κ2) is 3.61. The van der Waals surface area contributed by atoms with E-state index in [1.54, 1.807) is 0 Å². The van der Waals surface area contributed by atoms with E-state index in [1.807, 2.05) is 0 Å². The third kappa shape index (κ3) is 1.53. The van der Waals surface area contributed by atoms with E-state index < -0.39 is 23.2 Å². The van der Waals surface area contributed by atoms with Crippen LogP contribution in [0.2, 0.25) is 0 Å². The molecule has 0 aliphatic carbocycles. The molecule has 0 radical (unpaired) electrons. The van der Waals surface area contributed by atoms with Crippen LogP contribution < -0.4 is 5.73 Å². The summed E-state index contributed by atoms with van der Waals surface area (Å²) in [5.41, 5.74) is 4.32. The number of hydrogen-bond acceptors (Lipinski definition) is 3. The standard InChI is InChI=1S/C9H9F2NO2/c1-4-3-5(12)8(11)6(7(4)10)9(13)14-2/h3H,12H2,1-2H3. The molecular weight excluding hydrogens is 192 g/mol. The Morgan fingerprint density at radius 1 is 1.43 bits per heavy atom. The monoisotopic (exact) mass is 201 g/mol. The molecule has 0 bridgehead atoms. The number of aryl methyl sites for hydroxylation is 1. The van der Waals surface area contributed by atoms with Gasteiger partial charge in [-0.15, -0.1) is 0 Å². The summed E-state index contributed by atoms with van der Waals surface area (Å²) in [4.78, 5) is 11.0. The van der Waals surface area contributed by atoms with Crippen LogP contribution in [0, 0.1) is 18.6 Å². The molecule has 0 saturated carbocycles. The van der Waals surface area contributed by atoms with Crippen molar-refractivity contribution in [2.75, 3.05) is 12.8 Å². The highest BCUT2D eigenvalue weighted by molar-refractivity contribution is 5.91. The first kappa shape index (κ1) is 10.4. The second-order valence-corrected chi connectivity index (χ2v) is 2.78. The molecule has 0 unspecified atom stereocenters. The molecule has 0 saturated heterocycles. The number of hydrogen-bond donors (Lipinski definition) is 1. The molecular formula is C9H9F2NO2. The Kier molecular flexibility index (Phi) is 2.69. The maximum atomic E-state index is 13.3. The van der Waals surface area contributed by atoms with Crippen LogP contribution in [0.4, 0.5) is 14.5 Å². The van der Waals surface area contributed by atoms with E-state index in [2.05, 4.69) is 4.74 Å². The summed E-state index contributed by atoms with van der Waals surface area (Å²) in [7, 11) is 1.04. The SMILES string of the molecule is COC(=O)c1c(F)c(C)cc(N)c1F. The zero-order valence-corrected chi connectivity index (χ0v) is 7.73. The van der Waals surface area contributed by atoms with Crippen molar-refractivity contribution < 1.29 is 18.3 Å². The van der Waals surface area contributed by atoms with Gasteiger partial charge in [-0.3, -0.25) is 0 Å². The highest BCUT2D eigenvalue weighted by Gasteiger charge is 2.22. The first-order valence-corrected chi connectivity index (χ1v) is 3.81. The van der Waals surface area contributed by atoms with Crippen LogP contribution in [0.5, 0.6) is 0 Å². The summed E-state index contributed by atoms with van der Waals surface area (Å²) < 4.78 is 30.7.